The van der Waals surface area contributed by atoms with Crippen LogP contribution < -0.4 is 5.32 Å². The van der Waals surface area contributed by atoms with Crippen molar-refractivity contribution in [2.45, 2.75) is 25.3 Å². The van der Waals surface area contributed by atoms with Gasteiger partial charge in [-0.05, 0) is 19.3 Å². The van der Waals surface area contributed by atoms with Crippen LogP contribution in [-0.4, -0.2) is 67.8 Å². The molecular formula is C21H25N7O. The minimum atomic E-state index is 0.171. The van der Waals surface area contributed by atoms with Gasteiger partial charge < -0.3 is 15.1 Å². The lowest BCUT2D eigenvalue weighted by molar-refractivity contribution is 0.172. The average molecular weight is 391 g/mol. The van der Waals surface area contributed by atoms with E-state index in [0.29, 0.717) is 12.5 Å². The third-order valence-corrected chi connectivity index (χ3v) is 5.80. The summed E-state index contributed by atoms with van der Waals surface area (Å²) >= 11 is 0. The average Bonchev–Trinajstić information content (AvgIpc) is 3.49. The molecule has 1 unspecified atom stereocenters. The second kappa shape index (κ2) is 7.35. The van der Waals surface area contributed by atoms with Gasteiger partial charge in [0, 0.05) is 68.2 Å². The highest BCUT2D eigenvalue weighted by molar-refractivity contribution is 5.93. The molecule has 1 N–H and O–H groups in total. The minimum absolute atomic E-state index is 0.171. The summed E-state index contributed by atoms with van der Waals surface area (Å²) in [6.07, 6.45) is 8.83. The van der Waals surface area contributed by atoms with Crippen LogP contribution in [0.25, 0.3) is 22.0 Å². The molecule has 0 aliphatic carbocycles. The standard InChI is InChI=1S/C21H25N7O/c1-26-13-16(12-23-26)18-6-4-5-15-11-22-20(25-19(15)18)24-17-7-10-28(14-17)21(29)27-8-2-3-9-27/h4-6,11-13,17H,2-3,7-10,14H2,1H3,(H,22,24,25). The van der Waals surface area contributed by atoms with Gasteiger partial charge in [-0.1, -0.05) is 18.2 Å². The summed E-state index contributed by atoms with van der Waals surface area (Å²) in [5, 5.41) is 8.71. The molecule has 2 aromatic heterocycles. The molecule has 1 aromatic carbocycles. The van der Waals surface area contributed by atoms with E-state index >= 15 is 0 Å². The number of benzene rings is 1. The lowest BCUT2D eigenvalue weighted by Gasteiger charge is -2.24. The largest absolute Gasteiger partial charge is 0.350 e. The Kier molecular flexibility index (Phi) is 4.54. The molecule has 29 heavy (non-hydrogen) atoms. The van der Waals surface area contributed by atoms with Crippen molar-refractivity contribution in [2.75, 3.05) is 31.5 Å². The number of carbonyl (C=O) groups is 1. The van der Waals surface area contributed by atoms with E-state index in [0.717, 1.165) is 60.9 Å². The van der Waals surface area contributed by atoms with Gasteiger partial charge >= 0.3 is 6.03 Å². The number of hydrogen-bond acceptors (Lipinski definition) is 5. The highest BCUT2D eigenvalue weighted by Gasteiger charge is 2.30. The topological polar surface area (TPSA) is 79.2 Å². The van der Waals surface area contributed by atoms with Gasteiger partial charge in [-0.25, -0.2) is 14.8 Å². The van der Waals surface area contributed by atoms with Gasteiger partial charge in [0.15, 0.2) is 0 Å². The zero-order valence-corrected chi connectivity index (χ0v) is 16.6. The number of hydrogen-bond donors (Lipinski definition) is 1. The summed E-state index contributed by atoms with van der Waals surface area (Å²) in [4.78, 5) is 25.8. The van der Waals surface area contributed by atoms with E-state index in [1.165, 1.54) is 0 Å². The van der Waals surface area contributed by atoms with Crippen molar-refractivity contribution in [3.05, 3.63) is 36.8 Å². The molecule has 0 bridgehead atoms. The number of nitrogens with zero attached hydrogens (tertiary/aromatic N) is 6. The van der Waals surface area contributed by atoms with Crippen LogP contribution in [0.4, 0.5) is 10.7 Å². The molecular weight excluding hydrogens is 366 g/mol. The summed E-state index contributed by atoms with van der Waals surface area (Å²) in [5.41, 5.74) is 2.98. The Morgan fingerprint density at radius 1 is 1.14 bits per heavy atom. The van der Waals surface area contributed by atoms with Crippen LogP contribution in [-0.2, 0) is 7.05 Å². The fourth-order valence-corrected chi connectivity index (χ4v) is 4.26. The van der Waals surface area contributed by atoms with Crippen molar-refractivity contribution in [2.24, 2.45) is 7.05 Å². The van der Waals surface area contributed by atoms with Crippen molar-refractivity contribution in [1.29, 1.82) is 0 Å². The molecule has 8 nitrogen and oxygen atoms in total. The highest BCUT2D eigenvalue weighted by atomic mass is 16.2. The fourth-order valence-electron chi connectivity index (χ4n) is 4.26. The van der Waals surface area contributed by atoms with Crippen LogP contribution in [0.2, 0.25) is 0 Å². The van der Waals surface area contributed by atoms with Crippen LogP contribution in [0.15, 0.2) is 36.8 Å². The van der Waals surface area contributed by atoms with E-state index in [2.05, 4.69) is 21.5 Å². The summed E-state index contributed by atoms with van der Waals surface area (Å²) < 4.78 is 1.79. The number of fused-ring (bicyclic) bond motifs is 1. The number of rotatable bonds is 3. The van der Waals surface area contributed by atoms with Gasteiger partial charge in [0.25, 0.3) is 0 Å². The Hall–Kier alpha value is -3.16. The van der Waals surface area contributed by atoms with Crippen molar-refractivity contribution < 1.29 is 4.79 Å². The normalized spacial score (nSPS) is 19.3. The summed E-state index contributed by atoms with van der Waals surface area (Å²) in [6.45, 7) is 3.25. The van der Waals surface area contributed by atoms with E-state index in [-0.39, 0.29) is 12.1 Å². The molecule has 150 valence electrons. The maximum atomic E-state index is 12.6. The molecule has 2 saturated heterocycles. The van der Waals surface area contributed by atoms with Crippen LogP contribution >= 0.6 is 0 Å². The Balaban J connectivity index is 1.34. The zero-order chi connectivity index (χ0) is 19.8. The maximum Gasteiger partial charge on any atom is 0.320 e. The minimum Gasteiger partial charge on any atom is -0.350 e. The summed E-state index contributed by atoms with van der Waals surface area (Å²) in [7, 11) is 1.91. The maximum absolute atomic E-state index is 12.6. The summed E-state index contributed by atoms with van der Waals surface area (Å²) in [6, 6.07) is 6.43. The molecule has 2 aliphatic heterocycles. The second-order valence-corrected chi connectivity index (χ2v) is 7.89. The van der Waals surface area contributed by atoms with Gasteiger partial charge in [0.1, 0.15) is 0 Å². The third kappa shape index (κ3) is 3.50. The van der Waals surface area contributed by atoms with Gasteiger partial charge in [0.2, 0.25) is 5.95 Å². The van der Waals surface area contributed by atoms with Gasteiger partial charge in [-0.15, -0.1) is 0 Å². The SMILES string of the molecule is Cn1cc(-c2cccc3cnc(NC4CCN(C(=O)N5CCCC5)C4)nc23)cn1. The van der Waals surface area contributed by atoms with Crippen LogP contribution in [0, 0.1) is 0 Å². The van der Waals surface area contributed by atoms with E-state index in [4.69, 9.17) is 4.98 Å². The Morgan fingerprint density at radius 2 is 2.00 bits per heavy atom. The molecule has 0 radical (unpaired) electrons. The molecule has 5 rings (SSSR count). The van der Waals surface area contributed by atoms with Crippen LogP contribution in [0.3, 0.4) is 0 Å². The molecule has 2 fully saturated rings. The number of carbonyl (C=O) groups excluding carboxylic acids is 1. The van der Waals surface area contributed by atoms with E-state index in [1.54, 1.807) is 4.68 Å². The quantitative estimate of drug-likeness (QED) is 0.743. The second-order valence-electron chi connectivity index (χ2n) is 7.89. The first-order valence-corrected chi connectivity index (χ1v) is 10.2. The molecule has 8 heteroatoms. The van der Waals surface area contributed by atoms with Gasteiger partial charge in [0.05, 0.1) is 11.7 Å². The predicted octanol–water partition coefficient (Wildman–Crippen LogP) is 2.73. The first kappa shape index (κ1) is 17.9. The number of urea groups is 1. The number of aromatic nitrogens is 4. The number of likely N-dealkylation sites (tertiary alicyclic amines) is 2. The number of amides is 2. The lowest BCUT2D eigenvalue weighted by atomic mass is 10.1. The van der Waals surface area contributed by atoms with Crippen LogP contribution in [0.5, 0.6) is 0 Å². The highest BCUT2D eigenvalue weighted by Crippen LogP contribution is 2.27. The Labute approximate surface area is 169 Å². The van der Waals surface area contributed by atoms with Gasteiger partial charge in [-0.2, -0.15) is 5.10 Å². The third-order valence-electron chi connectivity index (χ3n) is 5.80. The number of anilines is 1. The number of aryl methyl sites for hydroxylation is 1. The first-order valence-electron chi connectivity index (χ1n) is 10.2. The van der Waals surface area contributed by atoms with Gasteiger partial charge in [-0.3, -0.25) is 4.68 Å². The van der Waals surface area contributed by atoms with Crippen LogP contribution in [0.1, 0.15) is 19.3 Å². The molecule has 3 aromatic rings. The molecule has 1 atom stereocenters. The Morgan fingerprint density at radius 3 is 2.79 bits per heavy atom. The molecule has 0 spiro atoms. The molecule has 2 aliphatic rings. The monoisotopic (exact) mass is 391 g/mol. The van der Waals surface area contributed by atoms with E-state index in [9.17, 15) is 4.79 Å². The van der Waals surface area contributed by atoms with E-state index < -0.39 is 0 Å². The smallest absolute Gasteiger partial charge is 0.320 e. The summed E-state index contributed by atoms with van der Waals surface area (Å²) in [5.74, 6) is 0.606. The number of para-hydroxylation sites is 1. The number of nitrogens with one attached hydrogen (secondary N) is 1. The van der Waals surface area contributed by atoms with Crippen molar-refractivity contribution in [3.63, 3.8) is 0 Å². The fraction of sp³-hybridized carbons (Fsp3) is 0.429. The Bertz CT molecular complexity index is 1040. The molecule has 4 heterocycles. The van der Waals surface area contributed by atoms with Crippen molar-refractivity contribution in [3.8, 4) is 11.1 Å². The van der Waals surface area contributed by atoms with Crippen molar-refractivity contribution in [1.82, 2.24) is 29.5 Å². The van der Waals surface area contributed by atoms with E-state index in [1.807, 2.05) is 47.6 Å². The lowest BCUT2D eigenvalue weighted by Crippen LogP contribution is -2.41. The zero-order valence-electron chi connectivity index (χ0n) is 16.6. The first-order chi connectivity index (χ1) is 14.2. The van der Waals surface area contributed by atoms with Crippen molar-refractivity contribution >= 4 is 22.9 Å². The molecule has 2 amide bonds. The predicted molar refractivity (Wildman–Crippen MR) is 112 cm³/mol. The molecule has 0 saturated carbocycles.